The van der Waals surface area contributed by atoms with Crippen LogP contribution in [0.2, 0.25) is 0 Å². The minimum atomic E-state index is -0.336. The molecular formula is C15H15ClO. The van der Waals surface area contributed by atoms with Gasteiger partial charge in [0, 0.05) is 0 Å². The second kappa shape index (κ2) is 5.33. The SMILES string of the molecule is C=Cc1cccc(C=C2CCCC(Cl)C2=O)c1. The molecule has 1 aliphatic carbocycles. The maximum absolute atomic E-state index is 11.9. The van der Waals surface area contributed by atoms with Crippen molar-refractivity contribution in [2.75, 3.05) is 0 Å². The molecule has 1 aromatic rings. The van der Waals surface area contributed by atoms with Crippen molar-refractivity contribution in [1.29, 1.82) is 0 Å². The number of rotatable bonds is 2. The van der Waals surface area contributed by atoms with Gasteiger partial charge in [0.1, 0.15) is 0 Å². The molecule has 0 bridgehead atoms. The van der Waals surface area contributed by atoms with Crippen LogP contribution in [0.1, 0.15) is 30.4 Å². The first-order valence-corrected chi connectivity index (χ1v) is 6.25. The molecule has 1 unspecified atom stereocenters. The molecule has 1 nitrogen and oxygen atoms in total. The second-order valence-electron chi connectivity index (χ2n) is 4.27. The number of ketones is 1. The van der Waals surface area contributed by atoms with E-state index in [0.717, 1.165) is 36.0 Å². The first kappa shape index (κ1) is 12.1. The summed E-state index contributed by atoms with van der Waals surface area (Å²) in [4.78, 5) is 11.9. The predicted molar refractivity (Wildman–Crippen MR) is 73.0 cm³/mol. The quantitative estimate of drug-likeness (QED) is 0.568. The Bertz CT molecular complexity index is 474. The molecule has 0 spiro atoms. The van der Waals surface area contributed by atoms with E-state index in [4.69, 9.17) is 11.6 Å². The van der Waals surface area contributed by atoms with Crippen molar-refractivity contribution in [2.45, 2.75) is 24.6 Å². The van der Waals surface area contributed by atoms with Gasteiger partial charge in [0.25, 0.3) is 0 Å². The molecule has 0 heterocycles. The van der Waals surface area contributed by atoms with Crippen LogP contribution in [0, 0.1) is 0 Å². The first-order chi connectivity index (χ1) is 8.20. The van der Waals surface area contributed by atoms with Gasteiger partial charge in [-0.2, -0.15) is 0 Å². The number of alkyl halides is 1. The van der Waals surface area contributed by atoms with Crippen LogP contribution in [0.25, 0.3) is 12.2 Å². The normalized spacial score (nSPS) is 22.8. The molecule has 0 aromatic heterocycles. The molecule has 0 aliphatic heterocycles. The van der Waals surface area contributed by atoms with Crippen molar-refractivity contribution in [2.24, 2.45) is 0 Å². The minimum absolute atomic E-state index is 0.0851. The fourth-order valence-electron chi connectivity index (χ4n) is 2.05. The van der Waals surface area contributed by atoms with E-state index < -0.39 is 0 Å². The highest BCUT2D eigenvalue weighted by atomic mass is 35.5. The summed E-state index contributed by atoms with van der Waals surface area (Å²) in [5.41, 5.74) is 2.94. The lowest BCUT2D eigenvalue weighted by atomic mass is 9.91. The fraction of sp³-hybridized carbons (Fsp3) is 0.267. The highest BCUT2D eigenvalue weighted by Gasteiger charge is 2.24. The first-order valence-electron chi connectivity index (χ1n) is 5.82. The Kier molecular flexibility index (Phi) is 3.80. The van der Waals surface area contributed by atoms with Crippen molar-refractivity contribution in [3.8, 4) is 0 Å². The Hall–Kier alpha value is -1.34. The van der Waals surface area contributed by atoms with Gasteiger partial charge in [-0.15, -0.1) is 11.6 Å². The minimum Gasteiger partial charge on any atom is -0.293 e. The van der Waals surface area contributed by atoms with Crippen molar-refractivity contribution in [3.05, 3.63) is 47.5 Å². The Morgan fingerprint density at radius 1 is 1.35 bits per heavy atom. The van der Waals surface area contributed by atoms with E-state index in [1.54, 1.807) is 6.08 Å². The van der Waals surface area contributed by atoms with E-state index in [9.17, 15) is 4.79 Å². The number of benzene rings is 1. The zero-order valence-electron chi connectivity index (χ0n) is 9.66. The molecule has 1 fully saturated rings. The summed E-state index contributed by atoms with van der Waals surface area (Å²) >= 11 is 5.98. The number of allylic oxidation sites excluding steroid dienone is 1. The molecule has 2 heteroatoms. The van der Waals surface area contributed by atoms with Gasteiger partial charge in [0.05, 0.1) is 5.38 Å². The summed E-state index contributed by atoms with van der Waals surface area (Å²) < 4.78 is 0. The van der Waals surface area contributed by atoms with Gasteiger partial charge in [-0.25, -0.2) is 0 Å². The molecule has 1 atom stereocenters. The second-order valence-corrected chi connectivity index (χ2v) is 4.79. The lowest BCUT2D eigenvalue weighted by Gasteiger charge is -2.17. The molecule has 0 N–H and O–H groups in total. The third kappa shape index (κ3) is 2.86. The summed E-state index contributed by atoms with van der Waals surface area (Å²) in [5, 5.41) is -0.336. The van der Waals surface area contributed by atoms with Crippen LogP contribution < -0.4 is 0 Å². The summed E-state index contributed by atoms with van der Waals surface area (Å²) in [7, 11) is 0. The lowest BCUT2D eigenvalue weighted by Crippen LogP contribution is -2.21. The fourth-order valence-corrected chi connectivity index (χ4v) is 2.34. The number of hydrogen-bond acceptors (Lipinski definition) is 1. The average Bonchev–Trinajstić information content (AvgIpc) is 2.35. The molecule has 1 saturated carbocycles. The van der Waals surface area contributed by atoms with Gasteiger partial charge in [-0.1, -0.05) is 30.9 Å². The molecule has 88 valence electrons. The van der Waals surface area contributed by atoms with E-state index in [-0.39, 0.29) is 11.2 Å². The third-order valence-electron chi connectivity index (χ3n) is 2.99. The van der Waals surface area contributed by atoms with Gasteiger partial charge in [-0.05, 0) is 48.1 Å². The number of Topliss-reactive ketones (excluding diaryl/α,β-unsaturated/α-hetero) is 1. The molecule has 17 heavy (non-hydrogen) atoms. The molecule has 0 saturated heterocycles. The standard InChI is InChI=1S/C15H15ClO/c1-2-11-5-3-6-12(9-11)10-13-7-4-8-14(16)15(13)17/h2-3,5-6,9-10,14H,1,4,7-8H2. The molecule has 0 radical (unpaired) electrons. The lowest BCUT2D eigenvalue weighted by molar-refractivity contribution is -0.116. The molecule has 1 aliphatic rings. The topological polar surface area (TPSA) is 17.1 Å². The zero-order chi connectivity index (χ0) is 12.3. The summed E-state index contributed by atoms with van der Waals surface area (Å²) in [5.74, 6) is 0.0851. The van der Waals surface area contributed by atoms with Crippen LogP contribution in [-0.2, 0) is 4.79 Å². The van der Waals surface area contributed by atoms with Crippen LogP contribution >= 0.6 is 11.6 Å². The van der Waals surface area contributed by atoms with Crippen LogP contribution in [-0.4, -0.2) is 11.2 Å². The van der Waals surface area contributed by atoms with Crippen molar-refractivity contribution in [1.82, 2.24) is 0 Å². The van der Waals surface area contributed by atoms with Crippen molar-refractivity contribution in [3.63, 3.8) is 0 Å². The Balaban J connectivity index is 2.28. The van der Waals surface area contributed by atoms with Gasteiger partial charge in [-0.3, -0.25) is 4.79 Å². The predicted octanol–water partition coefficient (Wildman–Crippen LogP) is 4.07. The Labute approximate surface area is 107 Å². The molecule has 1 aromatic carbocycles. The van der Waals surface area contributed by atoms with Crippen LogP contribution in [0.3, 0.4) is 0 Å². The van der Waals surface area contributed by atoms with Crippen molar-refractivity contribution < 1.29 is 4.79 Å². The molecular weight excluding hydrogens is 232 g/mol. The third-order valence-corrected chi connectivity index (χ3v) is 3.41. The summed E-state index contributed by atoms with van der Waals surface area (Å²) in [6.07, 6.45) is 6.37. The smallest absolute Gasteiger partial charge is 0.176 e. The van der Waals surface area contributed by atoms with E-state index in [1.807, 2.05) is 30.3 Å². The Morgan fingerprint density at radius 2 is 2.12 bits per heavy atom. The van der Waals surface area contributed by atoms with E-state index >= 15 is 0 Å². The van der Waals surface area contributed by atoms with Crippen molar-refractivity contribution >= 4 is 29.5 Å². The van der Waals surface area contributed by atoms with Gasteiger partial charge in [0.2, 0.25) is 0 Å². The number of hydrogen-bond donors (Lipinski definition) is 0. The summed E-state index contributed by atoms with van der Waals surface area (Å²) in [6, 6.07) is 7.97. The van der Waals surface area contributed by atoms with Crippen LogP contribution in [0.4, 0.5) is 0 Å². The maximum Gasteiger partial charge on any atom is 0.176 e. The highest BCUT2D eigenvalue weighted by molar-refractivity contribution is 6.34. The zero-order valence-corrected chi connectivity index (χ0v) is 10.4. The van der Waals surface area contributed by atoms with Crippen LogP contribution in [0.15, 0.2) is 36.4 Å². The largest absolute Gasteiger partial charge is 0.293 e. The van der Waals surface area contributed by atoms with Gasteiger partial charge < -0.3 is 0 Å². The average molecular weight is 247 g/mol. The van der Waals surface area contributed by atoms with Gasteiger partial charge in [0.15, 0.2) is 5.78 Å². The molecule has 2 rings (SSSR count). The summed E-state index contributed by atoms with van der Waals surface area (Å²) in [6.45, 7) is 3.74. The Morgan fingerprint density at radius 3 is 2.88 bits per heavy atom. The van der Waals surface area contributed by atoms with E-state index in [0.29, 0.717) is 0 Å². The van der Waals surface area contributed by atoms with Crippen LogP contribution in [0.5, 0.6) is 0 Å². The number of halogens is 1. The van der Waals surface area contributed by atoms with E-state index in [1.165, 1.54) is 0 Å². The molecule has 0 amide bonds. The van der Waals surface area contributed by atoms with Gasteiger partial charge >= 0.3 is 0 Å². The number of carbonyl (C=O) groups is 1. The highest BCUT2D eigenvalue weighted by Crippen LogP contribution is 2.26. The monoisotopic (exact) mass is 246 g/mol. The number of carbonyl (C=O) groups excluding carboxylic acids is 1. The van der Waals surface area contributed by atoms with E-state index in [2.05, 4.69) is 6.58 Å². The maximum atomic E-state index is 11.9.